The van der Waals surface area contributed by atoms with Gasteiger partial charge in [-0.05, 0) is 61.2 Å². The van der Waals surface area contributed by atoms with E-state index in [1.54, 1.807) is 30.2 Å². The van der Waals surface area contributed by atoms with E-state index >= 15 is 0 Å². The molecule has 1 aromatic heterocycles. The molecule has 1 N–H and O–H groups in total. The summed E-state index contributed by atoms with van der Waals surface area (Å²) in [4.78, 5) is 6.26. The predicted molar refractivity (Wildman–Crippen MR) is 123 cm³/mol. The van der Waals surface area contributed by atoms with Gasteiger partial charge >= 0.3 is 0 Å². The van der Waals surface area contributed by atoms with Crippen molar-refractivity contribution in [2.45, 2.75) is 44.9 Å². The molecular weight excluding hydrogens is 412 g/mol. The van der Waals surface area contributed by atoms with Crippen molar-refractivity contribution in [2.24, 2.45) is 0 Å². The van der Waals surface area contributed by atoms with Gasteiger partial charge in [-0.2, -0.15) is 8.42 Å². The molecule has 2 aromatic carbocycles. The second kappa shape index (κ2) is 8.69. The number of aryl methyl sites for hydroxylation is 1. The number of anilines is 2. The Morgan fingerprint density at radius 3 is 2.55 bits per heavy atom. The Morgan fingerprint density at radius 2 is 1.81 bits per heavy atom. The average Bonchev–Trinajstić information content (AvgIpc) is 2.76. The molecule has 6 nitrogen and oxygen atoms in total. The number of aromatic nitrogens is 1. The van der Waals surface area contributed by atoms with Gasteiger partial charge in [-0.15, -0.1) is 0 Å². The van der Waals surface area contributed by atoms with Gasteiger partial charge in [-0.3, -0.25) is 9.54 Å². The summed E-state index contributed by atoms with van der Waals surface area (Å²) in [6, 6.07) is 16.9. The zero-order valence-corrected chi connectivity index (χ0v) is 18.5. The molecule has 0 bridgehead atoms. The molecule has 1 aliphatic heterocycles. The molecule has 31 heavy (non-hydrogen) atoms. The van der Waals surface area contributed by atoms with Crippen LogP contribution in [0.15, 0.2) is 60.8 Å². The number of fused-ring (bicyclic) bond motifs is 2. The van der Waals surface area contributed by atoms with E-state index in [0.29, 0.717) is 22.9 Å². The van der Waals surface area contributed by atoms with Gasteiger partial charge in [-0.1, -0.05) is 38.5 Å². The topological polar surface area (TPSA) is 79.7 Å². The summed E-state index contributed by atoms with van der Waals surface area (Å²) in [7, 11) is -4.34. The van der Waals surface area contributed by atoms with Gasteiger partial charge in [0, 0.05) is 11.8 Å². The third-order valence-corrected chi connectivity index (χ3v) is 6.74. The lowest BCUT2D eigenvalue weighted by Gasteiger charge is -2.36. The van der Waals surface area contributed by atoms with E-state index in [-0.39, 0.29) is 6.42 Å². The normalized spacial score (nSPS) is 13.8. The fourth-order valence-electron chi connectivity index (χ4n) is 4.03. The van der Waals surface area contributed by atoms with Gasteiger partial charge in [0.1, 0.15) is 0 Å². The van der Waals surface area contributed by atoms with Crippen LogP contribution in [0.4, 0.5) is 11.4 Å². The van der Waals surface area contributed by atoms with Crippen molar-refractivity contribution in [1.29, 1.82) is 0 Å². The number of para-hydroxylation sites is 2. The first kappa shape index (κ1) is 21.3. The number of hydrogen-bond acceptors (Lipinski definition) is 5. The lowest BCUT2D eigenvalue weighted by Crippen LogP contribution is -2.38. The van der Waals surface area contributed by atoms with Crippen LogP contribution in [0.1, 0.15) is 38.7 Å². The lowest BCUT2D eigenvalue weighted by molar-refractivity contribution is 0.451. The number of ether oxygens (including phenoxy) is 1. The molecule has 0 amide bonds. The summed E-state index contributed by atoms with van der Waals surface area (Å²) in [5, 5.41) is -1.13. The quantitative estimate of drug-likeness (QED) is 0.459. The molecule has 1 atom stereocenters. The van der Waals surface area contributed by atoms with Crippen LogP contribution in [0.25, 0.3) is 11.3 Å². The SMILES string of the molecule is CCCCc1cccnc1-c1ccc2c(c1)N(C(CC)S(=O)(=O)O)c1ccccc1O2. The van der Waals surface area contributed by atoms with Gasteiger partial charge in [0.15, 0.2) is 16.9 Å². The van der Waals surface area contributed by atoms with Crippen LogP contribution in [0.2, 0.25) is 0 Å². The molecule has 0 aliphatic carbocycles. The van der Waals surface area contributed by atoms with Crippen LogP contribution in [-0.2, 0) is 16.5 Å². The maximum atomic E-state index is 12.3. The molecule has 7 heteroatoms. The molecular formula is C24H26N2O4S. The van der Waals surface area contributed by atoms with Crippen molar-refractivity contribution < 1.29 is 17.7 Å². The van der Waals surface area contributed by atoms with Crippen LogP contribution in [-0.4, -0.2) is 23.3 Å². The second-order valence-electron chi connectivity index (χ2n) is 7.61. The summed E-state index contributed by atoms with van der Waals surface area (Å²) < 4.78 is 40.6. The lowest BCUT2D eigenvalue weighted by atomic mass is 10.00. The Kier molecular flexibility index (Phi) is 5.98. The van der Waals surface area contributed by atoms with Crippen molar-refractivity contribution in [3.8, 4) is 22.8 Å². The number of unbranched alkanes of at least 4 members (excludes halogenated alkanes) is 1. The van der Waals surface area contributed by atoms with Crippen LogP contribution in [0.5, 0.6) is 11.5 Å². The predicted octanol–water partition coefficient (Wildman–Crippen LogP) is 5.96. The number of rotatable bonds is 7. The molecule has 1 unspecified atom stereocenters. The molecule has 0 radical (unpaired) electrons. The van der Waals surface area contributed by atoms with Crippen LogP contribution < -0.4 is 9.64 Å². The van der Waals surface area contributed by atoms with Crippen molar-refractivity contribution >= 4 is 21.5 Å². The molecule has 2 heterocycles. The average molecular weight is 439 g/mol. The van der Waals surface area contributed by atoms with Crippen LogP contribution in [0, 0.1) is 0 Å². The molecule has 162 valence electrons. The van der Waals surface area contributed by atoms with E-state index in [0.717, 1.165) is 36.1 Å². The van der Waals surface area contributed by atoms with Gasteiger partial charge in [0.05, 0.1) is 17.1 Å². The zero-order valence-electron chi connectivity index (χ0n) is 17.7. The van der Waals surface area contributed by atoms with E-state index in [1.165, 1.54) is 0 Å². The Hall–Kier alpha value is -2.90. The minimum atomic E-state index is -4.34. The van der Waals surface area contributed by atoms with Crippen molar-refractivity contribution in [3.05, 3.63) is 66.4 Å². The molecule has 0 fully saturated rings. The van der Waals surface area contributed by atoms with E-state index in [9.17, 15) is 13.0 Å². The Labute approximate surface area is 183 Å². The maximum absolute atomic E-state index is 12.3. The first-order chi connectivity index (χ1) is 14.9. The number of nitrogens with zero attached hydrogens (tertiary/aromatic N) is 2. The highest BCUT2D eigenvalue weighted by Crippen LogP contribution is 2.49. The van der Waals surface area contributed by atoms with Crippen molar-refractivity contribution in [1.82, 2.24) is 4.98 Å². The largest absolute Gasteiger partial charge is 0.453 e. The third-order valence-electron chi connectivity index (χ3n) is 5.51. The monoisotopic (exact) mass is 438 g/mol. The highest BCUT2D eigenvalue weighted by Gasteiger charge is 2.36. The Bertz CT molecular complexity index is 1190. The van der Waals surface area contributed by atoms with E-state index in [2.05, 4.69) is 18.0 Å². The van der Waals surface area contributed by atoms with E-state index in [4.69, 9.17) is 4.74 Å². The summed E-state index contributed by atoms with van der Waals surface area (Å²) in [6.45, 7) is 3.89. The molecule has 0 spiro atoms. The number of hydrogen-bond donors (Lipinski definition) is 1. The Morgan fingerprint density at radius 1 is 1.03 bits per heavy atom. The second-order valence-corrected chi connectivity index (χ2v) is 9.19. The minimum Gasteiger partial charge on any atom is -0.453 e. The summed E-state index contributed by atoms with van der Waals surface area (Å²) in [5.41, 5.74) is 4.09. The highest BCUT2D eigenvalue weighted by atomic mass is 32.2. The van der Waals surface area contributed by atoms with E-state index in [1.807, 2.05) is 36.4 Å². The first-order valence-electron chi connectivity index (χ1n) is 10.5. The van der Waals surface area contributed by atoms with Crippen LogP contribution >= 0.6 is 0 Å². The van der Waals surface area contributed by atoms with E-state index < -0.39 is 15.5 Å². The molecule has 0 saturated carbocycles. The van der Waals surface area contributed by atoms with Crippen molar-refractivity contribution in [3.63, 3.8) is 0 Å². The summed E-state index contributed by atoms with van der Waals surface area (Å²) >= 11 is 0. The fourth-order valence-corrected chi connectivity index (χ4v) is 4.95. The summed E-state index contributed by atoms with van der Waals surface area (Å²) in [5.74, 6) is 1.09. The van der Waals surface area contributed by atoms with Gasteiger partial charge in [0.2, 0.25) is 0 Å². The smallest absolute Gasteiger partial charge is 0.286 e. The molecule has 1 aliphatic rings. The minimum absolute atomic E-state index is 0.210. The summed E-state index contributed by atoms with van der Waals surface area (Å²) in [6.07, 6.45) is 5.04. The standard InChI is InChI=1S/C24H26N2O4S/c1-3-5-9-17-10-8-15-25-24(17)18-13-14-22-20(16-18)26(23(4-2)31(27,28)29)19-11-6-7-12-21(19)30-22/h6-8,10-16,23H,3-5,9H2,1-2H3,(H,27,28,29). The highest BCUT2D eigenvalue weighted by molar-refractivity contribution is 7.86. The number of benzene rings is 2. The third kappa shape index (κ3) is 4.16. The fraction of sp³-hybridized carbons (Fsp3) is 0.292. The van der Waals surface area contributed by atoms with Gasteiger partial charge in [-0.25, -0.2) is 0 Å². The van der Waals surface area contributed by atoms with Crippen LogP contribution in [0.3, 0.4) is 0 Å². The molecule has 3 aromatic rings. The van der Waals surface area contributed by atoms with Gasteiger partial charge < -0.3 is 9.64 Å². The zero-order chi connectivity index (χ0) is 22.0. The number of pyridine rings is 1. The molecule has 4 rings (SSSR count). The maximum Gasteiger partial charge on any atom is 0.286 e. The first-order valence-corrected chi connectivity index (χ1v) is 12.0. The Balaban J connectivity index is 1.88. The van der Waals surface area contributed by atoms with Crippen molar-refractivity contribution in [2.75, 3.05) is 4.90 Å². The van der Waals surface area contributed by atoms with Gasteiger partial charge in [0.25, 0.3) is 10.1 Å². The molecule has 0 saturated heterocycles.